The molecule has 2 aliphatic carbocycles. The highest BCUT2D eigenvalue weighted by Gasteiger charge is 2.62. The molecule has 0 radical (unpaired) electrons. The van der Waals surface area contributed by atoms with Gasteiger partial charge in [0.2, 0.25) is 11.8 Å². The minimum Gasteiger partial charge on any atom is -0.508 e. The lowest BCUT2D eigenvalue weighted by Gasteiger charge is -2.49. The molecule has 2 aliphatic heterocycles. The van der Waals surface area contributed by atoms with Crippen LogP contribution in [-0.4, -0.2) is 22.5 Å². The van der Waals surface area contributed by atoms with Crippen LogP contribution in [0.15, 0.2) is 72.8 Å². The summed E-state index contributed by atoms with van der Waals surface area (Å²) in [5.74, 6) is -0.425. The first kappa shape index (κ1) is 22.6. The average molecular weight is 512 g/mol. The van der Waals surface area contributed by atoms with Gasteiger partial charge in [-0.05, 0) is 79.6 Å². The van der Waals surface area contributed by atoms with Crippen LogP contribution in [0.1, 0.15) is 37.7 Å². The number of anilines is 1. The number of benzene rings is 3. The predicted molar refractivity (Wildman–Crippen MR) is 142 cm³/mol. The first-order chi connectivity index (χ1) is 18.0. The summed E-state index contributed by atoms with van der Waals surface area (Å²) in [6, 6.07) is 20.1. The molecule has 4 aliphatic rings. The molecular weight excluding hydrogens is 486 g/mol. The Balaban J connectivity index is 1.40. The van der Waals surface area contributed by atoms with Crippen molar-refractivity contribution >= 4 is 34.7 Å². The van der Waals surface area contributed by atoms with Gasteiger partial charge in [0.1, 0.15) is 17.1 Å². The van der Waals surface area contributed by atoms with Gasteiger partial charge < -0.3 is 9.84 Å². The van der Waals surface area contributed by atoms with Gasteiger partial charge >= 0.3 is 0 Å². The SMILES string of the molecule is O=C1[C@H]2[C@H](CC=C3c4cc(Cl)cc(-c5cccc(O)c5)c4OC4(CCCC4)[C@H]32)C(=O)N1c1ccccc1. The van der Waals surface area contributed by atoms with Crippen molar-refractivity contribution in [3.8, 4) is 22.6 Å². The lowest BCUT2D eigenvalue weighted by molar-refractivity contribution is -0.125. The second-order valence-corrected chi connectivity index (χ2v) is 11.0. The van der Waals surface area contributed by atoms with Gasteiger partial charge in [0.05, 0.1) is 17.5 Å². The molecule has 37 heavy (non-hydrogen) atoms. The normalized spacial score (nSPS) is 25.4. The van der Waals surface area contributed by atoms with E-state index >= 15 is 0 Å². The molecule has 2 fully saturated rings. The molecule has 0 aromatic heterocycles. The lowest BCUT2D eigenvalue weighted by atomic mass is 9.62. The maximum Gasteiger partial charge on any atom is 0.238 e. The lowest BCUT2D eigenvalue weighted by Crippen LogP contribution is -2.52. The number of halogens is 1. The van der Waals surface area contributed by atoms with Crippen molar-refractivity contribution in [3.63, 3.8) is 0 Å². The number of aromatic hydroxyl groups is 1. The van der Waals surface area contributed by atoms with Gasteiger partial charge in [-0.1, -0.05) is 48.0 Å². The largest absolute Gasteiger partial charge is 0.508 e. The van der Waals surface area contributed by atoms with Crippen molar-refractivity contribution in [2.24, 2.45) is 17.8 Å². The fourth-order valence-corrected chi connectivity index (χ4v) is 7.34. The van der Waals surface area contributed by atoms with Crippen molar-refractivity contribution in [1.29, 1.82) is 0 Å². The molecule has 2 amide bonds. The molecular formula is C31H26ClNO4. The first-order valence-electron chi connectivity index (χ1n) is 12.9. The number of amides is 2. The van der Waals surface area contributed by atoms with E-state index in [1.165, 1.54) is 4.90 Å². The number of fused-ring (bicyclic) bond motifs is 6. The summed E-state index contributed by atoms with van der Waals surface area (Å²) in [6.07, 6.45) is 6.33. The Hall–Kier alpha value is -3.57. The number of phenols is 1. The molecule has 186 valence electrons. The highest BCUT2D eigenvalue weighted by Crippen LogP contribution is 2.61. The van der Waals surface area contributed by atoms with E-state index in [0.29, 0.717) is 17.1 Å². The van der Waals surface area contributed by atoms with Crippen LogP contribution in [0.2, 0.25) is 5.02 Å². The zero-order valence-corrected chi connectivity index (χ0v) is 20.9. The fourth-order valence-electron chi connectivity index (χ4n) is 7.12. The third-order valence-electron chi connectivity index (χ3n) is 8.62. The molecule has 1 N–H and O–H groups in total. The number of phenolic OH excluding ortho intramolecular Hbond substituents is 1. The van der Waals surface area contributed by atoms with Crippen LogP contribution in [0.5, 0.6) is 11.5 Å². The standard InChI is InChI=1S/C31H26ClNO4/c32-19-16-24(18-7-6-10-21(34)15-18)28-25(17-19)22-11-12-23-26(27(22)31(37-28)13-4-5-14-31)30(36)33(29(23)35)20-8-2-1-3-9-20/h1-3,6-11,15-17,23,26-27,34H,4-5,12-14H2/t23-,26-,27+/m0/s1. The van der Waals surface area contributed by atoms with Crippen LogP contribution in [0.25, 0.3) is 16.7 Å². The zero-order valence-electron chi connectivity index (χ0n) is 20.2. The maximum absolute atomic E-state index is 14.0. The number of hydrogen-bond acceptors (Lipinski definition) is 4. The number of nitrogens with zero attached hydrogens (tertiary/aromatic N) is 1. The fraction of sp³-hybridized carbons (Fsp3) is 0.290. The van der Waals surface area contributed by atoms with Crippen LogP contribution >= 0.6 is 11.6 Å². The summed E-state index contributed by atoms with van der Waals surface area (Å²) in [5.41, 5.74) is 3.65. The molecule has 3 aromatic carbocycles. The molecule has 1 saturated heterocycles. The van der Waals surface area contributed by atoms with Gasteiger partial charge in [-0.2, -0.15) is 0 Å². The Bertz CT molecular complexity index is 1470. The van der Waals surface area contributed by atoms with E-state index in [1.807, 2.05) is 48.5 Å². The van der Waals surface area contributed by atoms with Crippen molar-refractivity contribution < 1.29 is 19.4 Å². The van der Waals surface area contributed by atoms with Crippen LogP contribution < -0.4 is 9.64 Å². The van der Waals surface area contributed by atoms with E-state index in [2.05, 4.69) is 6.08 Å². The number of rotatable bonds is 2. The topological polar surface area (TPSA) is 66.8 Å². The number of para-hydroxylation sites is 1. The summed E-state index contributed by atoms with van der Waals surface area (Å²) in [4.78, 5) is 29.0. The monoisotopic (exact) mass is 511 g/mol. The van der Waals surface area contributed by atoms with Gasteiger partial charge in [0.15, 0.2) is 0 Å². The van der Waals surface area contributed by atoms with Crippen molar-refractivity contribution in [1.82, 2.24) is 0 Å². The molecule has 2 heterocycles. The maximum atomic E-state index is 14.0. The van der Waals surface area contributed by atoms with Gasteiger partial charge in [-0.15, -0.1) is 0 Å². The van der Waals surface area contributed by atoms with Crippen molar-refractivity contribution in [2.45, 2.75) is 37.7 Å². The molecule has 5 nitrogen and oxygen atoms in total. The molecule has 7 rings (SSSR count). The van der Waals surface area contributed by atoms with Gasteiger partial charge in [-0.3, -0.25) is 14.5 Å². The average Bonchev–Trinajstić information content (AvgIpc) is 3.47. The van der Waals surface area contributed by atoms with Crippen LogP contribution in [-0.2, 0) is 9.59 Å². The van der Waals surface area contributed by atoms with Crippen molar-refractivity contribution in [3.05, 3.63) is 83.4 Å². The first-order valence-corrected chi connectivity index (χ1v) is 13.3. The predicted octanol–water partition coefficient (Wildman–Crippen LogP) is 6.63. The Morgan fingerprint density at radius 2 is 1.68 bits per heavy atom. The number of imide groups is 1. The van der Waals surface area contributed by atoms with Gasteiger partial charge in [0.25, 0.3) is 0 Å². The van der Waals surface area contributed by atoms with E-state index in [1.54, 1.807) is 18.2 Å². The summed E-state index contributed by atoms with van der Waals surface area (Å²) in [5, 5.41) is 10.7. The Labute approximate surface area is 220 Å². The zero-order chi connectivity index (χ0) is 25.3. The van der Waals surface area contributed by atoms with E-state index in [4.69, 9.17) is 16.3 Å². The Morgan fingerprint density at radius 1 is 0.919 bits per heavy atom. The number of hydrogen-bond donors (Lipinski definition) is 1. The second-order valence-electron chi connectivity index (χ2n) is 10.6. The third-order valence-corrected chi connectivity index (χ3v) is 8.84. The molecule has 0 unspecified atom stereocenters. The number of carbonyl (C=O) groups excluding carboxylic acids is 2. The quantitative estimate of drug-likeness (QED) is 0.392. The van der Waals surface area contributed by atoms with Gasteiger partial charge in [-0.25, -0.2) is 0 Å². The van der Waals surface area contributed by atoms with E-state index < -0.39 is 17.4 Å². The highest BCUT2D eigenvalue weighted by atomic mass is 35.5. The van der Waals surface area contributed by atoms with E-state index in [-0.39, 0.29) is 23.5 Å². The van der Waals surface area contributed by atoms with Crippen molar-refractivity contribution in [2.75, 3.05) is 4.90 Å². The summed E-state index contributed by atoms with van der Waals surface area (Å²) in [7, 11) is 0. The molecule has 3 aromatic rings. The Morgan fingerprint density at radius 3 is 2.43 bits per heavy atom. The minimum atomic E-state index is -0.565. The number of ether oxygens (including phenoxy) is 1. The Kier molecular flexibility index (Phi) is 5.02. The second kappa shape index (κ2) is 8.22. The van der Waals surface area contributed by atoms with E-state index in [0.717, 1.165) is 53.7 Å². The third kappa shape index (κ3) is 3.30. The van der Waals surface area contributed by atoms with Crippen LogP contribution in [0.4, 0.5) is 5.69 Å². The van der Waals surface area contributed by atoms with Crippen LogP contribution in [0, 0.1) is 17.8 Å². The molecule has 1 saturated carbocycles. The number of allylic oxidation sites excluding steroid dienone is 1. The molecule has 1 spiro atoms. The molecule has 3 atom stereocenters. The minimum absolute atomic E-state index is 0.123. The highest BCUT2D eigenvalue weighted by molar-refractivity contribution is 6.31. The van der Waals surface area contributed by atoms with Gasteiger partial charge in [0, 0.05) is 22.1 Å². The molecule has 6 heteroatoms. The van der Waals surface area contributed by atoms with E-state index in [9.17, 15) is 14.7 Å². The smallest absolute Gasteiger partial charge is 0.238 e. The summed E-state index contributed by atoms with van der Waals surface area (Å²) in [6.45, 7) is 0. The summed E-state index contributed by atoms with van der Waals surface area (Å²) >= 11 is 6.65. The molecule has 0 bridgehead atoms. The van der Waals surface area contributed by atoms with Crippen LogP contribution in [0.3, 0.4) is 0 Å². The summed E-state index contributed by atoms with van der Waals surface area (Å²) < 4.78 is 7.00. The number of carbonyl (C=O) groups is 2.